The van der Waals surface area contributed by atoms with Crippen LogP contribution >= 0.6 is 15.9 Å². The van der Waals surface area contributed by atoms with E-state index < -0.39 is 0 Å². The van der Waals surface area contributed by atoms with Gasteiger partial charge in [0, 0.05) is 23.5 Å². The summed E-state index contributed by atoms with van der Waals surface area (Å²) in [5, 5.41) is 7.98. The lowest BCUT2D eigenvalue weighted by Gasteiger charge is -2.22. The molecule has 1 aromatic carbocycles. The number of hydrogen-bond donors (Lipinski definition) is 0. The van der Waals surface area contributed by atoms with Crippen LogP contribution in [0.25, 0.3) is 0 Å². The molecular formula is C14H15BrFN3O. The van der Waals surface area contributed by atoms with Gasteiger partial charge in [0.1, 0.15) is 5.82 Å². The Kier molecular flexibility index (Phi) is 3.85. The van der Waals surface area contributed by atoms with E-state index in [4.69, 9.17) is 4.42 Å². The third-order valence-electron chi connectivity index (χ3n) is 3.61. The first-order valence-corrected chi connectivity index (χ1v) is 7.41. The van der Waals surface area contributed by atoms with Crippen molar-refractivity contribution in [2.45, 2.75) is 32.4 Å². The number of hydrogen-bond acceptors (Lipinski definition) is 4. The van der Waals surface area contributed by atoms with Crippen molar-refractivity contribution in [3.05, 3.63) is 45.8 Å². The largest absolute Gasteiger partial charge is 0.424 e. The van der Waals surface area contributed by atoms with Gasteiger partial charge in [-0.05, 0) is 31.5 Å². The van der Waals surface area contributed by atoms with Gasteiger partial charge >= 0.3 is 0 Å². The molecule has 0 aliphatic carbocycles. The lowest BCUT2D eigenvalue weighted by Crippen LogP contribution is -2.23. The maximum absolute atomic E-state index is 13.9. The van der Waals surface area contributed by atoms with Crippen LogP contribution in [0.4, 0.5) is 4.39 Å². The molecule has 1 fully saturated rings. The standard InChI is InChI=1S/C14H15BrFN3O/c1-9-17-18-14(20-9)13-6-3-7-19(13)8-10-11(15)4-2-5-12(10)16/h2,4-5,13H,3,6-8H2,1H3/t13-/m0/s1. The van der Waals surface area contributed by atoms with Crippen LogP contribution in [0.2, 0.25) is 0 Å². The maximum atomic E-state index is 13.9. The molecule has 0 saturated carbocycles. The highest BCUT2D eigenvalue weighted by Gasteiger charge is 2.31. The second kappa shape index (κ2) is 5.61. The summed E-state index contributed by atoms with van der Waals surface area (Å²) in [4.78, 5) is 2.19. The molecule has 0 amide bonds. The van der Waals surface area contributed by atoms with Gasteiger partial charge in [0.25, 0.3) is 0 Å². The zero-order chi connectivity index (χ0) is 14.1. The lowest BCUT2D eigenvalue weighted by molar-refractivity contribution is 0.210. The van der Waals surface area contributed by atoms with Crippen molar-refractivity contribution in [3.63, 3.8) is 0 Å². The van der Waals surface area contributed by atoms with Gasteiger partial charge < -0.3 is 4.42 Å². The SMILES string of the molecule is Cc1nnc([C@@H]2CCCN2Cc2c(F)cccc2Br)o1. The molecular weight excluding hydrogens is 325 g/mol. The molecule has 4 nitrogen and oxygen atoms in total. The Balaban J connectivity index is 1.83. The number of benzene rings is 1. The van der Waals surface area contributed by atoms with Gasteiger partial charge in [-0.15, -0.1) is 10.2 Å². The van der Waals surface area contributed by atoms with E-state index in [1.807, 2.05) is 6.07 Å². The van der Waals surface area contributed by atoms with E-state index in [1.54, 1.807) is 13.0 Å². The Labute approximate surface area is 125 Å². The van der Waals surface area contributed by atoms with E-state index in [9.17, 15) is 4.39 Å². The minimum atomic E-state index is -0.188. The molecule has 6 heteroatoms. The molecule has 20 heavy (non-hydrogen) atoms. The van der Waals surface area contributed by atoms with E-state index in [2.05, 4.69) is 31.0 Å². The summed E-state index contributed by atoms with van der Waals surface area (Å²) in [7, 11) is 0. The predicted molar refractivity (Wildman–Crippen MR) is 75.5 cm³/mol. The number of aromatic nitrogens is 2. The molecule has 0 bridgehead atoms. The minimum absolute atomic E-state index is 0.0858. The summed E-state index contributed by atoms with van der Waals surface area (Å²) >= 11 is 3.42. The summed E-state index contributed by atoms with van der Waals surface area (Å²) in [5.74, 6) is 1.01. The topological polar surface area (TPSA) is 42.2 Å². The van der Waals surface area contributed by atoms with Gasteiger partial charge in [-0.3, -0.25) is 4.90 Å². The lowest BCUT2D eigenvalue weighted by atomic mass is 10.1. The Morgan fingerprint density at radius 1 is 1.45 bits per heavy atom. The third kappa shape index (κ3) is 2.62. The Hall–Kier alpha value is -1.27. The maximum Gasteiger partial charge on any atom is 0.233 e. The first-order chi connectivity index (χ1) is 9.65. The number of likely N-dealkylation sites (tertiary alicyclic amines) is 1. The first-order valence-electron chi connectivity index (χ1n) is 6.62. The molecule has 1 aliphatic rings. The molecule has 0 N–H and O–H groups in total. The molecule has 0 spiro atoms. The molecule has 3 rings (SSSR count). The zero-order valence-corrected chi connectivity index (χ0v) is 12.7. The van der Waals surface area contributed by atoms with Crippen LogP contribution < -0.4 is 0 Å². The van der Waals surface area contributed by atoms with Crippen molar-refractivity contribution in [3.8, 4) is 0 Å². The molecule has 2 aromatic rings. The van der Waals surface area contributed by atoms with E-state index >= 15 is 0 Å². The monoisotopic (exact) mass is 339 g/mol. The van der Waals surface area contributed by atoms with Gasteiger partial charge in [0.15, 0.2) is 0 Å². The van der Waals surface area contributed by atoms with Crippen molar-refractivity contribution < 1.29 is 8.81 Å². The minimum Gasteiger partial charge on any atom is -0.424 e. The Bertz CT molecular complexity index is 596. The number of rotatable bonds is 3. The highest BCUT2D eigenvalue weighted by Crippen LogP contribution is 2.34. The predicted octanol–water partition coefficient (Wildman–Crippen LogP) is 3.62. The second-order valence-electron chi connectivity index (χ2n) is 4.99. The van der Waals surface area contributed by atoms with Gasteiger partial charge in [0.2, 0.25) is 11.8 Å². The molecule has 0 unspecified atom stereocenters. The smallest absolute Gasteiger partial charge is 0.233 e. The average molecular weight is 340 g/mol. The highest BCUT2D eigenvalue weighted by atomic mass is 79.9. The fraction of sp³-hybridized carbons (Fsp3) is 0.429. The number of halogens is 2. The highest BCUT2D eigenvalue weighted by molar-refractivity contribution is 9.10. The van der Waals surface area contributed by atoms with Crippen molar-refractivity contribution in [1.82, 2.24) is 15.1 Å². The summed E-state index contributed by atoms with van der Waals surface area (Å²) in [5.41, 5.74) is 0.677. The van der Waals surface area contributed by atoms with Crippen LogP contribution in [0.15, 0.2) is 27.1 Å². The Morgan fingerprint density at radius 2 is 2.30 bits per heavy atom. The van der Waals surface area contributed by atoms with E-state index in [0.717, 1.165) is 23.9 Å². The van der Waals surface area contributed by atoms with Gasteiger partial charge in [0.05, 0.1) is 6.04 Å². The number of aryl methyl sites for hydroxylation is 1. The van der Waals surface area contributed by atoms with Crippen LogP contribution in [0.5, 0.6) is 0 Å². The normalized spacial score (nSPS) is 19.6. The number of nitrogens with zero attached hydrogens (tertiary/aromatic N) is 3. The second-order valence-corrected chi connectivity index (χ2v) is 5.84. The van der Waals surface area contributed by atoms with Crippen LogP contribution in [-0.4, -0.2) is 21.6 Å². The van der Waals surface area contributed by atoms with Gasteiger partial charge in [-0.2, -0.15) is 0 Å². The van der Waals surface area contributed by atoms with E-state index in [0.29, 0.717) is 23.9 Å². The van der Waals surface area contributed by atoms with E-state index in [-0.39, 0.29) is 11.9 Å². The van der Waals surface area contributed by atoms with Gasteiger partial charge in [-0.1, -0.05) is 22.0 Å². The fourth-order valence-electron chi connectivity index (χ4n) is 2.63. The van der Waals surface area contributed by atoms with Crippen LogP contribution in [0, 0.1) is 12.7 Å². The first kappa shape index (κ1) is 13.7. The molecule has 1 atom stereocenters. The van der Waals surface area contributed by atoms with Crippen LogP contribution in [0.3, 0.4) is 0 Å². The molecule has 1 aromatic heterocycles. The Morgan fingerprint density at radius 3 is 3.00 bits per heavy atom. The molecule has 1 saturated heterocycles. The van der Waals surface area contributed by atoms with E-state index in [1.165, 1.54) is 6.07 Å². The molecule has 0 radical (unpaired) electrons. The summed E-state index contributed by atoms with van der Waals surface area (Å²) in [6.45, 7) is 3.23. The van der Waals surface area contributed by atoms with Crippen molar-refractivity contribution in [2.24, 2.45) is 0 Å². The van der Waals surface area contributed by atoms with Crippen molar-refractivity contribution >= 4 is 15.9 Å². The fourth-order valence-corrected chi connectivity index (χ4v) is 3.10. The summed E-state index contributed by atoms with van der Waals surface area (Å²) < 4.78 is 20.3. The summed E-state index contributed by atoms with van der Waals surface area (Å²) in [6, 6.07) is 5.14. The molecule has 106 valence electrons. The quantitative estimate of drug-likeness (QED) is 0.856. The van der Waals surface area contributed by atoms with Gasteiger partial charge in [-0.25, -0.2) is 4.39 Å². The molecule has 1 aliphatic heterocycles. The third-order valence-corrected chi connectivity index (χ3v) is 4.36. The summed E-state index contributed by atoms with van der Waals surface area (Å²) in [6.07, 6.45) is 2.02. The molecule has 2 heterocycles. The van der Waals surface area contributed by atoms with Crippen molar-refractivity contribution in [1.29, 1.82) is 0 Å². The van der Waals surface area contributed by atoms with Crippen molar-refractivity contribution in [2.75, 3.05) is 6.54 Å². The van der Waals surface area contributed by atoms with Crippen LogP contribution in [0.1, 0.15) is 36.2 Å². The average Bonchev–Trinajstić information content (AvgIpc) is 3.02. The van der Waals surface area contributed by atoms with Crippen LogP contribution in [-0.2, 0) is 6.54 Å². The zero-order valence-electron chi connectivity index (χ0n) is 11.1.